The minimum atomic E-state index is -0.259. The van der Waals surface area contributed by atoms with E-state index in [1.165, 1.54) is 4.68 Å². The van der Waals surface area contributed by atoms with E-state index >= 15 is 0 Å². The second-order valence-corrected chi connectivity index (χ2v) is 3.83. The molecule has 0 atom stereocenters. The van der Waals surface area contributed by atoms with Crippen molar-refractivity contribution in [3.05, 3.63) is 21.6 Å². The lowest BCUT2D eigenvalue weighted by Gasteiger charge is -2.11. The van der Waals surface area contributed by atoms with E-state index in [1.54, 1.807) is 13.2 Å². The Kier molecular flexibility index (Phi) is 4.11. The Bertz CT molecular complexity index is 388. The first-order chi connectivity index (χ1) is 7.06. The summed E-state index contributed by atoms with van der Waals surface area (Å²) < 4.78 is 1.36. The highest BCUT2D eigenvalue weighted by Gasteiger charge is 2.07. The SMILES string of the molecule is CNc1cnn(CCN(C)C)c(=O)c1Cl. The highest BCUT2D eigenvalue weighted by molar-refractivity contribution is 6.32. The standard InChI is InChI=1S/C9H15ClN4O/c1-11-7-6-12-14(5-4-13(2)3)9(15)8(7)10/h6,11H,4-5H2,1-3H3. The molecule has 15 heavy (non-hydrogen) atoms. The molecule has 84 valence electrons. The summed E-state index contributed by atoms with van der Waals surface area (Å²) >= 11 is 5.86. The lowest BCUT2D eigenvalue weighted by Crippen LogP contribution is -2.29. The number of aromatic nitrogens is 2. The van der Waals surface area contributed by atoms with E-state index < -0.39 is 0 Å². The lowest BCUT2D eigenvalue weighted by atomic mass is 10.4. The maximum Gasteiger partial charge on any atom is 0.287 e. The Morgan fingerprint density at radius 3 is 2.80 bits per heavy atom. The summed E-state index contributed by atoms with van der Waals surface area (Å²) in [5.41, 5.74) is 0.299. The molecule has 0 saturated heterocycles. The zero-order valence-electron chi connectivity index (χ0n) is 9.12. The van der Waals surface area contributed by atoms with Crippen molar-refractivity contribution in [3.63, 3.8) is 0 Å². The number of nitrogens with one attached hydrogen (secondary N) is 1. The van der Waals surface area contributed by atoms with Crippen LogP contribution in [-0.2, 0) is 6.54 Å². The molecule has 1 aromatic rings. The molecule has 5 nitrogen and oxygen atoms in total. The molecule has 0 aliphatic carbocycles. The van der Waals surface area contributed by atoms with E-state index in [0.29, 0.717) is 12.2 Å². The lowest BCUT2D eigenvalue weighted by molar-refractivity contribution is 0.367. The van der Waals surface area contributed by atoms with Gasteiger partial charge in [-0.3, -0.25) is 4.79 Å². The fourth-order valence-corrected chi connectivity index (χ4v) is 1.33. The van der Waals surface area contributed by atoms with Gasteiger partial charge in [0.1, 0.15) is 5.02 Å². The Morgan fingerprint density at radius 1 is 1.60 bits per heavy atom. The Balaban J connectivity index is 2.92. The van der Waals surface area contributed by atoms with Crippen molar-refractivity contribution >= 4 is 17.3 Å². The summed E-state index contributed by atoms with van der Waals surface area (Å²) in [5, 5.41) is 7.01. The monoisotopic (exact) mass is 230 g/mol. The number of anilines is 1. The third-order valence-electron chi connectivity index (χ3n) is 2.01. The summed E-state index contributed by atoms with van der Waals surface area (Å²) in [7, 11) is 5.58. The average molecular weight is 231 g/mol. The van der Waals surface area contributed by atoms with Gasteiger partial charge in [0, 0.05) is 13.6 Å². The normalized spacial score (nSPS) is 10.7. The summed E-state index contributed by atoms with van der Waals surface area (Å²) in [5.74, 6) is 0. The van der Waals surface area contributed by atoms with Crippen molar-refractivity contribution in [2.24, 2.45) is 0 Å². The van der Waals surface area contributed by atoms with Crippen LogP contribution in [0.4, 0.5) is 5.69 Å². The number of nitrogens with zero attached hydrogens (tertiary/aromatic N) is 3. The van der Waals surface area contributed by atoms with Crippen LogP contribution in [0.25, 0.3) is 0 Å². The number of likely N-dealkylation sites (N-methyl/N-ethyl adjacent to an activating group) is 1. The molecule has 0 unspecified atom stereocenters. The van der Waals surface area contributed by atoms with Crippen molar-refractivity contribution in [2.75, 3.05) is 33.0 Å². The summed E-state index contributed by atoms with van der Waals surface area (Å²) in [6.07, 6.45) is 1.55. The maximum absolute atomic E-state index is 11.7. The molecule has 1 heterocycles. The highest BCUT2D eigenvalue weighted by atomic mass is 35.5. The molecule has 0 spiro atoms. The van der Waals surface area contributed by atoms with E-state index in [9.17, 15) is 4.79 Å². The fourth-order valence-electron chi connectivity index (χ4n) is 1.09. The van der Waals surface area contributed by atoms with Gasteiger partial charge in [-0.15, -0.1) is 0 Å². The van der Waals surface area contributed by atoms with Crippen LogP contribution in [0.3, 0.4) is 0 Å². The predicted octanol–water partition coefficient (Wildman–Crippen LogP) is 0.500. The van der Waals surface area contributed by atoms with Crippen LogP contribution >= 0.6 is 11.6 Å². The zero-order chi connectivity index (χ0) is 11.4. The molecule has 0 fully saturated rings. The third-order valence-corrected chi connectivity index (χ3v) is 2.38. The number of hydrogen-bond donors (Lipinski definition) is 1. The van der Waals surface area contributed by atoms with Gasteiger partial charge in [0.15, 0.2) is 0 Å². The summed E-state index contributed by atoms with van der Waals surface area (Å²) in [4.78, 5) is 13.7. The van der Waals surface area contributed by atoms with Gasteiger partial charge >= 0.3 is 0 Å². The zero-order valence-corrected chi connectivity index (χ0v) is 9.88. The van der Waals surface area contributed by atoms with Crippen molar-refractivity contribution in [1.29, 1.82) is 0 Å². The van der Waals surface area contributed by atoms with Crippen LogP contribution < -0.4 is 10.9 Å². The molecule has 0 aromatic carbocycles. The number of rotatable bonds is 4. The van der Waals surface area contributed by atoms with Crippen LogP contribution in [0, 0.1) is 0 Å². The smallest absolute Gasteiger partial charge is 0.287 e. The van der Waals surface area contributed by atoms with E-state index in [1.807, 2.05) is 19.0 Å². The van der Waals surface area contributed by atoms with Crippen molar-refractivity contribution in [2.45, 2.75) is 6.54 Å². The maximum atomic E-state index is 11.7. The van der Waals surface area contributed by atoms with E-state index in [0.717, 1.165) is 6.54 Å². The summed E-state index contributed by atoms with van der Waals surface area (Å²) in [6.45, 7) is 1.29. The average Bonchev–Trinajstić information content (AvgIpc) is 2.20. The minimum absolute atomic E-state index is 0.186. The molecule has 0 radical (unpaired) electrons. The largest absolute Gasteiger partial charge is 0.385 e. The van der Waals surface area contributed by atoms with Gasteiger partial charge in [0.2, 0.25) is 0 Å². The van der Waals surface area contributed by atoms with Crippen LogP contribution in [0.5, 0.6) is 0 Å². The Morgan fingerprint density at radius 2 is 2.27 bits per heavy atom. The van der Waals surface area contributed by atoms with Gasteiger partial charge in [0.25, 0.3) is 5.56 Å². The van der Waals surface area contributed by atoms with E-state index in [2.05, 4.69) is 10.4 Å². The first-order valence-electron chi connectivity index (χ1n) is 4.64. The first-order valence-corrected chi connectivity index (χ1v) is 5.02. The molecule has 0 aliphatic heterocycles. The quantitative estimate of drug-likeness (QED) is 0.819. The molecular weight excluding hydrogens is 216 g/mol. The van der Waals surface area contributed by atoms with Crippen LogP contribution in [-0.4, -0.2) is 42.4 Å². The van der Waals surface area contributed by atoms with Gasteiger partial charge in [-0.2, -0.15) is 5.10 Å². The second kappa shape index (κ2) is 5.14. The van der Waals surface area contributed by atoms with Gasteiger partial charge in [-0.1, -0.05) is 11.6 Å². The van der Waals surface area contributed by atoms with Gasteiger partial charge in [-0.05, 0) is 14.1 Å². The van der Waals surface area contributed by atoms with Crippen molar-refractivity contribution in [3.8, 4) is 0 Å². The summed E-state index contributed by atoms with van der Waals surface area (Å²) in [6, 6.07) is 0. The van der Waals surface area contributed by atoms with Gasteiger partial charge in [0.05, 0.1) is 18.4 Å². The van der Waals surface area contributed by atoms with Crippen molar-refractivity contribution in [1.82, 2.24) is 14.7 Å². The third kappa shape index (κ3) is 2.94. The van der Waals surface area contributed by atoms with E-state index in [-0.39, 0.29) is 10.6 Å². The molecule has 1 N–H and O–H groups in total. The second-order valence-electron chi connectivity index (χ2n) is 3.45. The highest BCUT2D eigenvalue weighted by Crippen LogP contribution is 2.13. The molecule has 0 aliphatic rings. The Hall–Kier alpha value is -1.07. The molecule has 1 rings (SSSR count). The van der Waals surface area contributed by atoms with Crippen LogP contribution in [0.15, 0.2) is 11.0 Å². The van der Waals surface area contributed by atoms with Crippen molar-refractivity contribution < 1.29 is 0 Å². The van der Waals surface area contributed by atoms with Gasteiger partial charge < -0.3 is 10.2 Å². The van der Waals surface area contributed by atoms with E-state index in [4.69, 9.17) is 11.6 Å². The van der Waals surface area contributed by atoms with Gasteiger partial charge in [-0.25, -0.2) is 4.68 Å². The number of hydrogen-bond acceptors (Lipinski definition) is 4. The molecule has 0 amide bonds. The fraction of sp³-hybridized carbons (Fsp3) is 0.556. The molecule has 0 bridgehead atoms. The minimum Gasteiger partial charge on any atom is -0.385 e. The molecule has 6 heteroatoms. The topological polar surface area (TPSA) is 50.2 Å². The molecule has 0 saturated carbocycles. The number of halogens is 1. The molecule has 1 aromatic heterocycles. The predicted molar refractivity (Wildman–Crippen MR) is 61.6 cm³/mol. The van der Waals surface area contributed by atoms with Crippen LogP contribution in [0.1, 0.15) is 0 Å². The van der Waals surface area contributed by atoms with Crippen LogP contribution in [0.2, 0.25) is 5.02 Å². The Labute approximate surface area is 93.6 Å². The molecular formula is C9H15ClN4O. The first kappa shape index (κ1) is 12.0.